The van der Waals surface area contributed by atoms with Gasteiger partial charge < -0.3 is 10.1 Å². The van der Waals surface area contributed by atoms with Gasteiger partial charge in [-0.15, -0.1) is 0 Å². The Balaban J connectivity index is 1.57. The lowest BCUT2D eigenvalue weighted by Gasteiger charge is -2.10. The number of methoxy groups -OCH3 is 1. The van der Waals surface area contributed by atoms with E-state index < -0.39 is 10.0 Å². The van der Waals surface area contributed by atoms with E-state index in [0.717, 1.165) is 5.56 Å². The van der Waals surface area contributed by atoms with Crippen molar-refractivity contribution in [1.29, 1.82) is 0 Å². The van der Waals surface area contributed by atoms with E-state index in [1.807, 2.05) is 0 Å². The third kappa shape index (κ3) is 6.29. The van der Waals surface area contributed by atoms with Crippen LogP contribution in [0.5, 0.6) is 5.75 Å². The Morgan fingerprint density at radius 2 is 1.71 bits per heavy atom. The molecule has 0 spiro atoms. The van der Waals surface area contributed by atoms with Crippen LogP contribution in [0.2, 0.25) is 0 Å². The van der Waals surface area contributed by atoms with Gasteiger partial charge in [0.05, 0.1) is 12.0 Å². The molecule has 0 saturated heterocycles. The molecule has 31 heavy (non-hydrogen) atoms. The molecule has 8 heteroatoms. The van der Waals surface area contributed by atoms with Gasteiger partial charge in [-0.2, -0.15) is 0 Å². The van der Waals surface area contributed by atoms with Crippen molar-refractivity contribution < 1.29 is 22.3 Å². The van der Waals surface area contributed by atoms with Gasteiger partial charge in [0.15, 0.2) is 0 Å². The minimum Gasteiger partial charge on any atom is -0.497 e. The van der Waals surface area contributed by atoms with Crippen molar-refractivity contribution in [1.82, 2.24) is 5.32 Å². The highest BCUT2D eigenvalue weighted by Crippen LogP contribution is 2.20. The van der Waals surface area contributed by atoms with E-state index in [9.17, 15) is 17.6 Å². The highest BCUT2D eigenvalue weighted by molar-refractivity contribution is 7.92. The number of hydrogen-bond acceptors (Lipinski definition) is 4. The first kappa shape index (κ1) is 22.3. The van der Waals surface area contributed by atoms with Gasteiger partial charge in [-0.1, -0.05) is 18.2 Å². The SMILES string of the molecule is COc1ccc(S(=O)(=O)Nc2cccc(C(=O)NCCCc3ccc(F)cc3)c2)cc1. The Bertz CT molecular complexity index is 1130. The number of benzene rings is 3. The van der Waals surface area contributed by atoms with Crippen LogP contribution in [0.3, 0.4) is 0 Å². The lowest BCUT2D eigenvalue weighted by Crippen LogP contribution is -2.25. The molecular weight excluding hydrogens is 419 g/mol. The molecule has 1 amide bonds. The van der Waals surface area contributed by atoms with Gasteiger partial charge in [0, 0.05) is 17.8 Å². The van der Waals surface area contributed by atoms with Crippen LogP contribution in [0.25, 0.3) is 0 Å². The van der Waals surface area contributed by atoms with Crippen LogP contribution >= 0.6 is 0 Å². The summed E-state index contributed by atoms with van der Waals surface area (Å²) in [7, 11) is -2.30. The number of nitrogens with one attached hydrogen (secondary N) is 2. The third-order valence-electron chi connectivity index (χ3n) is 4.59. The van der Waals surface area contributed by atoms with Crippen LogP contribution in [0.15, 0.2) is 77.7 Å². The predicted molar refractivity (Wildman–Crippen MR) is 117 cm³/mol. The first-order chi connectivity index (χ1) is 14.9. The Morgan fingerprint density at radius 1 is 1.00 bits per heavy atom. The number of anilines is 1. The van der Waals surface area contributed by atoms with E-state index in [2.05, 4.69) is 10.0 Å². The molecule has 162 valence electrons. The summed E-state index contributed by atoms with van der Waals surface area (Å²) in [6.07, 6.45) is 1.41. The number of aryl methyl sites for hydroxylation is 1. The predicted octanol–water partition coefficient (Wildman–Crippen LogP) is 4.00. The molecule has 0 aliphatic rings. The second-order valence-electron chi connectivity index (χ2n) is 6.85. The second kappa shape index (κ2) is 10.1. The normalized spacial score (nSPS) is 11.0. The van der Waals surface area contributed by atoms with E-state index in [4.69, 9.17) is 4.74 Å². The molecule has 6 nitrogen and oxygen atoms in total. The Morgan fingerprint density at radius 3 is 2.39 bits per heavy atom. The van der Waals surface area contributed by atoms with Crippen LogP contribution in [0, 0.1) is 5.82 Å². The highest BCUT2D eigenvalue weighted by atomic mass is 32.2. The fourth-order valence-electron chi connectivity index (χ4n) is 2.94. The summed E-state index contributed by atoms with van der Waals surface area (Å²) < 4.78 is 45.6. The number of carbonyl (C=O) groups excluding carboxylic acids is 1. The number of halogens is 1. The summed E-state index contributed by atoms with van der Waals surface area (Å²) in [6.45, 7) is 0.442. The number of hydrogen-bond donors (Lipinski definition) is 2. The fraction of sp³-hybridized carbons (Fsp3) is 0.174. The molecule has 3 aromatic rings. The summed E-state index contributed by atoms with van der Waals surface area (Å²) in [6, 6.07) is 18.5. The molecule has 3 rings (SSSR count). The molecule has 3 aromatic carbocycles. The Labute approximate surface area is 181 Å². The first-order valence-electron chi connectivity index (χ1n) is 9.67. The van der Waals surface area contributed by atoms with Crippen molar-refractivity contribution in [3.05, 3.63) is 89.7 Å². The number of amides is 1. The molecule has 0 aromatic heterocycles. The average Bonchev–Trinajstić information content (AvgIpc) is 2.77. The van der Waals surface area contributed by atoms with Gasteiger partial charge in [0.25, 0.3) is 15.9 Å². The van der Waals surface area contributed by atoms with Crippen molar-refractivity contribution in [3.8, 4) is 5.75 Å². The zero-order valence-electron chi connectivity index (χ0n) is 17.0. The van der Waals surface area contributed by atoms with E-state index in [0.29, 0.717) is 30.7 Å². The lowest BCUT2D eigenvalue weighted by molar-refractivity contribution is 0.0953. The van der Waals surface area contributed by atoms with Gasteiger partial charge in [0.1, 0.15) is 11.6 Å². The van der Waals surface area contributed by atoms with Crippen LogP contribution in [-0.4, -0.2) is 28.0 Å². The van der Waals surface area contributed by atoms with Crippen LogP contribution < -0.4 is 14.8 Å². The standard InChI is InChI=1S/C23H23FN2O4S/c1-30-21-11-13-22(14-12-21)31(28,29)26-20-6-2-5-18(16-20)23(27)25-15-3-4-17-7-9-19(24)10-8-17/h2,5-14,16,26H,3-4,15H2,1H3,(H,25,27). The second-order valence-corrected chi connectivity index (χ2v) is 8.53. The molecule has 0 atom stereocenters. The zero-order chi connectivity index (χ0) is 22.3. The highest BCUT2D eigenvalue weighted by Gasteiger charge is 2.15. The van der Waals surface area contributed by atoms with Crippen molar-refractivity contribution in [2.75, 3.05) is 18.4 Å². The van der Waals surface area contributed by atoms with E-state index in [1.54, 1.807) is 42.5 Å². The molecule has 2 N–H and O–H groups in total. The number of ether oxygens (including phenoxy) is 1. The van der Waals surface area contributed by atoms with Crippen LogP contribution in [0.1, 0.15) is 22.3 Å². The van der Waals surface area contributed by atoms with E-state index in [-0.39, 0.29) is 22.3 Å². The maximum absolute atomic E-state index is 12.9. The Hall–Kier alpha value is -3.39. The quantitative estimate of drug-likeness (QED) is 0.491. The minimum atomic E-state index is -3.80. The maximum Gasteiger partial charge on any atom is 0.261 e. The number of sulfonamides is 1. The summed E-state index contributed by atoms with van der Waals surface area (Å²) >= 11 is 0. The van der Waals surface area contributed by atoms with Crippen molar-refractivity contribution >= 4 is 21.6 Å². The third-order valence-corrected chi connectivity index (χ3v) is 5.98. The maximum atomic E-state index is 12.9. The molecule has 0 bridgehead atoms. The fourth-order valence-corrected chi connectivity index (χ4v) is 3.99. The molecule has 0 unspecified atom stereocenters. The monoisotopic (exact) mass is 442 g/mol. The van der Waals surface area contributed by atoms with Crippen molar-refractivity contribution in [2.24, 2.45) is 0 Å². The number of carbonyl (C=O) groups is 1. The van der Waals surface area contributed by atoms with Gasteiger partial charge in [-0.3, -0.25) is 9.52 Å². The van der Waals surface area contributed by atoms with Crippen LogP contribution in [-0.2, 0) is 16.4 Å². The van der Waals surface area contributed by atoms with E-state index >= 15 is 0 Å². The minimum absolute atomic E-state index is 0.0870. The van der Waals surface area contributed by atoms with Gasteiger partial charge in [-0.05, 0) is 73.0 Å². The van der Waals surface area contributed by atoms with Crippen molar-refractivity contribution in [2.45, 2.75) is 17.7 Å². The van der Waals surface area contributed by atoms with Gasteiger partial charge in [0.2, 0.25) is 0 Å². The molecule has 0 saturated carbocycles. The van der Waals surface area contributed by atoms with Crippen molar-refractivity contribution in [3.63, 3.8) is 0 Å². The zero-order valence-corrected chi connectivity index (χ0v) is 17.8. The molecule has 0 fully saturated rings. The van der Waals surface area contributed by atoms with Gasteiger partial charge in [-0.25, -0.2) is 12.8 Å². The molecule has 0 aliphatic carbocycles. The van der Waals surface area contributed by atoms with Gasteiger partial charge >= 0.3 is 0 Å². The topological polar surface area (TPSA) is 84.5 Å². The Kier molecular flexibility index (Phi) is 7.25. The molecule has 0 heterocycles. The average molecular weight is 443 g/mol. The summed E-state index contributed by atoms with van der Waals surface area (Å²) in [4.78, 5) is 12.5. The lowest BCUT2D eigenvalue weighted by atomic mass is 10.1. The summed E-state index contributed by atoms with van der Waals surface area (Å²) in [5, 5.41) is 2.81. The summed E-state index contributed by atoms with van der Waals surface area (Å²) in [5.74, 6) is -0.0267. The molecule has 0 radical (unpaired) electrons. The van der Waals surface area contributed by atoms with E-state index in [1.165, 1.54) is 37.4 Å². The molecule has 0 aliphatic heterocycles. The molecular formula is C23H23FN2O4S. The largest absolute Gasteiger partial charge is 0.497 e. The van der Waals surface area contributed by atoms with Crippen LogP contribution in [0.4, 0.5) is 10.1 Å². The first-order valence-corrected chi connectivity index (χ1v) is 11.2. The number of rotatable bonds is 9. The summed E-state index contributed by atoms with van der Waals surface area (Å²) in [5.41, 5.74) is 1.62. The smallest absolute Gasteiger partial charge is 0.261 e.